The first-order valence-corrected chi connectivity index (χ1v) is 3.16. The van der Waals surface area contributed by atoms with Gasteiger partial charge in [-0.1, -0.05) is 6.92 Å². The van der Waals surface area contributed by atoms with Gasteiger partial charge in [0.2, 0.25) is 0 Å². The van der Waals surface area contributed by atoms with E-state index in [2.05, 4.69) is 12.2 Å². The summed E-state index contributed by atoms with van der Waals surface area (Å²) in [5.74, 6) is 0. The standard InChI is InChI=1S/C6H15NO/c1-3-4-7-5-6(2)8/h6-8H,3-5H2,1-2H3/t6-/m0/s1. The van der Waals surface area contributed by atoms with Crippen molar-refractivity contribution in [3.63, 3.8) is 0 Å². The highest BCUT2D eigenvalue weighted by Gasteiger charge is 1.90. The Bertz CT molecular complexity index is 45.8. The largest absolute Gasteiger partial charge is 0.392 e. The van der Waals surface area contributed by atoms with Crippen LogP contribution in [0, 0.1) is 0 Å². The van der Waals surface area contributed by atoms with Crippen molar-refractivity contribution >= 4 is 0 Å². The topological polar surface area (TPSA) is 32.3 Å². The van der Waals surface area contributed by atoms with Crippen LogP contribution in [-0.2, 0) is 0 Å². The highest BCUT2D eigenvalue weighted by Crippen LogP contribution is 1.75. The number of hydrogen-bond acceptors (Lipinski definition) is 2. The van der Waals surface area contributed by atoms with Crippen LogP contribution in [0.1, 0.15) is 20.3 Å². The van der Waals surface area contributed by atoms with Crippen molar-refractivity contribution < 1.29 is 5.11 Å². The minimum atomic E-state index is -0.207. The molecule has 0 unspecified atom stereocenters. The molecule has 0 heterocycles. The Kier molecular flexibility index (Phi) is 5.01. The van der Waals surface area contributed by atoms with E-state index in [9.17, 15) is 0 Å². The van der Waals surface area contributed by atoms with Crippen molar-refractivity contribution in [2.45, 2.75) is 26.4 Å². The Morgan fingerprint density at radius 2 is 2.25 bits per heavy atom. The van der Waals surface area contributed by atoms with E-state index in [1.54, 1.807) is 6.92 Å². The molecule has 0 rings (SSSR count). The molecule has 0 bridgehead atoms. The van der Waals surface area contributed by atoms with Gasteiger partial charge >= 0.3 is 0 Å². The summed E-state index contributed by atoms with van der Waals surface area (Å²) in [6, 6.07) is 0. The fourth-order valence-electron chi connectivity index (χ4n) is 0.488. The fraction of sp³-hybridized carbons (Fsp3) is 1.00. The van der Waals surface area contributed by atoms with E-state index < -0.39 is 0 Å². The molecule has 0 aliphatic rings. The summed E-state index contributed by atoms with van der Waals surface area (Å²) < 4.78 is 0. The predicted octanol–water partition coefficient (Wildman–Crippen LogP) is 0.367. The van der Waals surface area contributed by atoms with E-state index in [0.29, 0.717) is 6.54 Å². The fourth-order valence-corrected chi connectivity index (χ4v) is 0.488. The first-order valence-electron chi connectivity index (χ1n) is 3.16. The van der Waals surface area contributed by atoms with Crippen molar-refractivity contribution in [2.24, 2.45) is 0 Å². The zero-order valence-corrected chi connectivity index (χ0v) is 5.65. The SMILES string of the molecule is CCCNC[C@H](C)O. The normalized spacial score (nSPS) is 13.9. The Hall–Kier alpha value is -0.0800. The lowest BCUT2D eigenvalue weighted by molar-refractivity contribution is 0.191. The maximum absolute atomic E-state index is 8.72. The molecule has 0 saturated carbocycles. The Morgan fingerprint density at radius 3 is 2.62 bits per heavy atom. The molecule has 0 radical (unpaired) electrons. The third-order valence-electron chi connectivity index (χ3n) is 0.867. The van der Waals surface area contributed by atoms with Crippen LogP contribution >= 0.6 is 0 Å². The monoisotopic (exact) mass is 117 g/mol. The van der Waals surface area contributed by atoms with E-state index in [1.165, 1.54) is 0 Å². The second-order valence-corrected chi connectivity index (χ2v) is 2.05. The van der Waals surface area contributed by atoms with Crippen LogP contribution in [0.2, 0.25) is 0 Å². The quantitative estimate of drug-likeness (QED) is 0.521. The summed E-state index contributed by atoms with van der Waals surface area (Å²) in [5, 5.41) is 11.8. The van der Waals surface area contributed by atoms with Gasteiger partial charge in [-0.15, -0.1) is 0 Å². The van der Waals surface area contributed by atoms with Crippen LogP contribution in [0.15, 0.2) is 0 Å². The summed E-state index contributed by atoms with van der Waals surface area (Å²) in [5.41, 5.74) is 0. The lowest BCUT2D eigenvalue weighted by Gasteiger charge is -2.03. The maximum Gasteiger partial charge on any atom is 0.0636 e. The summed E-state index contributed by atoms with van der Waals surface area (Å²) >= 11 is 0. The molecule has 2 N–H and O–H groups in total. The van der Waals surface area contributed by atoms with Gasteiger partial charge in [0.15, 0.2) is 0 Å². The van der Waals surface area contributed by atoms with Gasteiger partial charge in [0.05, 0.1) is 6.10 Å². The van der Waals surface area contributed by atoms with Gasteiger partial charge in [0.1, 0.15) is 0 Å². The molecule has 0 aromatic rings. The average Bonchev–Trinajstić information content (AvgIpc) is 1.66. The van der Waals surface area contributed by atoms with Gasteiger partial charge in [-0.2, -0.15) is 0 Å². The van der Waals surface area contributed by atoms with E-state index in [4.69, 9.17) is 5.11 Å². The molecule has 0 saturated heterocycles. The zero-order valence-electron chi connectivity index (χ0n) is 5.65. The maximum atomic E-state index is 8.72. The number of aliphatic hydroxyl groups is 1. The molecule has 0 aliphatic carbocycles. The van der Waals surface area contributed by atoms with Crippen LogP contribution < -0.4 is 5.32 Å². The smallest absolute Gasteiger partial charge is 0.0636 e. The summed E-state index contributed by atoms with van der Waals surface area (Å²) in [6.07, 6.45) is 0.925. The van der Waals surface area contributed by atoms with E-state index in [1.807, 2.05) is 0 Å². The van der Waals surface area contributed by atoms with Crippen LogP contribution in [0.5, 0.6) is 0 Å². The Labute approximate surface area is 50.9 Å². The molecule has 50 valence electrons. The summed E-state index contributed by atoms with van der Waals surface area (Å²) in [6.45, 7) is 5.61. The first-order chi connectivity index (χ1) is 3.77. The average molecular weight is 117 g/mol. The first kappa shape index (κ1) is 7.92. The number of hydrogen-bond donors (Lipinski definition) is 2. The van der Waals surface area contributed by atoms with Gasteiger partial charge in [-0.25, -0.2) is 0 Å². The molecule has 0 fully saturated rings. The third kappa shape index (κ3) is 5.92. The van der Waals surface area contributed by atoms with Crippen LogP contribution in [0.25, 0.3) is 0 Å². The minimum absolute atomic E-state index is 0.207. The second kappa shape index (κ2) is 5.06. The van der Waals surface area contributed by atoms with Gasteiger partial charge in [-0.05, 0) is 19.9 Å². The van der Waals surface area contributed by atoms with Crippen molar-refractivity contribution in [3.8, 4) is 0 Å². The molecular formula is C6H15NO. The molecule has 0 aromatic carbocycles. The van der Waals surface area contributed by atoms with Gasteiger partial charge < -0.3 is 10.4 Å². The third-order valence-corrected chi connectivity index (χ3v) is 0.867. The molecule has 0 aliphatic heterocycles. The summed E-state index contributed by atoms with van der Waals surface area (Å²) in [7, 11) is 0. The van der Waals surface area contributed by atoms with E-state index in [-0.39, 0.29) is 6.10 Å². The van der Waals surface area contributed by atoms with Crippen LogP contribution in [0.4, 0.5) is 0 Å². The zero-order chi connectivity index (χ0) is 6.41. The molecule has 0 spiro atoms. The minimum Gasteiger partial charge on any atom is -0.392 e. The number of rotatable bonds is 4. The van der Waals surface area contributed by atoms with Gasteiger partial charge in [0.25, 0.3) is 0 Å². The van der Waals surface area contributed by atoms with Crippen LogP contribution in [0.3, 0.4) is 0 Å². The molecule has 0 amide bonds. The van der Waals surface area contributed by atoms with Crippen LogP contribution in [-0.4, -0.2) is 24.3 Å². The predicted molar refractivity (Wildman–Crippen MR) is 34.8 cm³/mol. The molecular weight excluding hydrogens is 102 g/mol. The van der Waals surface area contributed by atoms with Gasteiger partial charge in [-0.3, -0.25) is 0 Å². The second-order valence-electron chi connectivity index (χ2n) is 2.05. The lowest BCUT2D eigenvalue weighted by atomic mass is 10.4. The number of aliphatic hydroxyl groups excluding tert-OH is 1. The van der Waals surface area contributed by atoms with E-state index in [0.717, 1.165) is 13.0 Å². The Morgan fingerprint density at radius 1 is 1.62 bits per heavy atom. The van der Waals surface area contributed by atoms with Crippen molar-refractivity contribution in [1.29, 1.82) is 0 Å². The number of nitrogens with one attached hydrogen (secondary N) is 1. The molecule has 2 nitrogen and oxygen atoms in total. The van der Waals surface area contributed by atoms with Crippen molar-refractivity contribution in [3.05, 3.63) is 0 Å². The van der Waals surface area contributed by atoms with Crippen molar-refractivity contribution in [2.75, 3.05) is 13.1 Å². The molecule has 8 heavy (non-hydrogen) atoms. The molecule has 1 atom stereocenters. The lowest BCUT2D eigenvalue weighted by Crippen LogP contribution is -2.24. The molecule has 2 heteroatoms. The van der Waals surface area contributed by atoms with Crippen molar-refractivity contribution in [1.82, 2.24) is 5.32 Å². The molecule has 0 aromatic heterocycles. The highest BCUT2D eigenvalue weighted by molar-refractivity contribution is 4.50. The Balaban J connectivity index is 2.72. The highest BCUT2D eigenvalue weighted by atomic mass is 16.3. The summed E-state index contributed by atoms with van der Waals surface area (Å²) in [4.78, 5) is 0. The van der Waals surface area contributed by atoms with E-state index >= 15 is 0 Å². The van der Waals surface area contributed by atoms with Gasteiger partial charge in [0, 0.05) is 6.54 Å².